The van der Waals surface area contributed by atoms with E-state index in [4.69, 9.17) is 14.2 Å². The number of nitrogens with one attached hydrogen (secondary N) is 1. The van der Waals surface area contributed by atoms with Crippen molar-refractivity contribution in [1.29, 1.82) is 0 Å². The third-order valence-corrected chi connectivity index (χ3v) is 5.66. The van der Waals surface area contributed by atoms with E-state index in [1.807, 2.05) is 41.3 Å². The van der Waals surface area contributed by atoms with E-state index in [2.05, 4.69) is 5.32 Å². The molecule has 1 aliphatic heterocycles. The van der Waals surface area contributed by atoms with Crippen molar-refractivity contribution >= 4 is 11.8 Å². The molecule has 1 heterocycles. The zero-order valence-electron chi connectivity index (χ0n) is 18.3. The van der Waals surface area contributed by atoms with Gasteiger partial charge in [-0.05, 0) is 24.5 Å². The molecule has 31 heavy (non-hydrogen) atoms. The molecule has 1 N–H and O–H groups in total. The van der Waals surface area contributed by atoms with E-state index in [9.17, 15) is 9.59 Å². The van der Waals surface area contributed by atoms with Crippen LogP contribution in [-0.4, -0.2) is 51.1 Å². The maximum absolute atomic E-state index is 12.9. The number of rotatable bonds is 8. The highest BCUT2D eigenvalue weighted by Crippen LogP contribution is 2.40. The molecule has 1 saturated heterocycles. The summed E-state index contributed by atoms with van der Waals surface area (Å²) in [7, 11) is 4.65. The van der Waals surface area contributed by atoms with Crippen molar-refractivity contribution < 1.29 is 23.8 Å². The molecule has 0 unspecified atom stereocenters. The van der Waals surface area contributed by atoms with Gasteiger partial charge in [0, 0.05) is 31.1 Å². The van der Waals surface area contributed by atoms with Crippen LogP contribution < -0.4 is 19.5 Å². The summed E-state index contributed by atoms with van der Waals surface area (Å²) in [6.45, 7) is 1.66. The van der Waals surface area contributed by atoms with E-state index < -0.39 is 0 Å². The van der Waals surface area contributed by atoms with Gasteiger partial charge in [0.1, 0.15) is 0 Å². The molecule has 2 aromatic rings. The summed E-state index contributed by atoms with van der Waals surface area (Å²) < 4.78 is 16.2. The number of benzene rings is 2. The van der Waals surface area contributed by atoms with Gasteiger partial charge in [0.2, 0.25) is 17.6 Å². The van der Waals surface area contributed by atoms with E-state index in [0.717, 1.165) is 11.1 Å². The third kappa shape index (κ3) is 5.48. The Kier molecular flexibility index (Phi) is 7.76. The van der Waals surface area contributed by atoms with Gasteiger partial charge in [-0.25, -0.2) is 0 Å². The number of ether oxygens (including phenoxy) is 3. The molecular formula is C24H30N2O5. The molecule has 2 amide bonds. The van der Waals surface area contributed by atoms with Crippen molar-refractivity contribution in [2.45, 2.75) is 25.8 Å². The van der Waals surface area contributed by atoms with E-state index >= 15 is 0 Å². The van der Waals surface area contributed by atoms with Gasteiger partial charge in [0.25, 0.3) is 0 Å². The molecule has 166 valence electrons. The molecule has 1 aliphatic rings. The Hall–Kier alpha value is -3.22. The second-order valence-corrected chi connectivity index (χ2v) is 7.53. The normalized spacial score (nSPS) is 14.1. The lowest BCUT2D eigenvalue weighted by Crippen LogP contribution is -2.43. The van der Waals surface area contributed by atoms with Crippen LogP contribution in [0.1, 0.15) is 24.0 Å². The van der Waals surface area contributed by atoms with Gasteiger partial charge in [0.05, 0.1) is 27.8 Å². The van der Waals surface area contributed by atoms with E-state index in [-0.39, 0.29) is 24.2 Å². The minimum Gasteiger partial charge on any atom is -0.493 e. The Balaban J connectivity index is 1.54. The first kappa shape index (κ1) is 22.5. The molecular weight excluding hydrogens is 396 g/mol. The Morgan fingerprint density at radius 3 is 2.23 bits per heavy atom. The van der Waals surface area contributed by atoms with Crippen LogP contribution in [0, 0.1) is 5.92 Å². The quantitative estimate of drug-likeness (QED) is 0.702. The predicted octanol–water partition coefficient (Wildman–Crippen LogP) is 2.81. The van der Waals surface area contributed by atoms with Crippen molar-refractivity contribution in [1.82, 2.24) is 10.2 Å². The molecule has 0 atom stereocenters. The van der Waals surface area contributed by atoms with Crippen LogP contribution in [0.5, 0.6) is 17.2 Å². The summed E-state index contributed by atoms with van der Waals surface area (Å²) in [5, 5.41) is 3.01. The Morgan fingerprint density at radius 1 is 0.935 bits per heavy atom. The molecule has 0 saturated carbocycles. The number of carbonyl (C=O) groups excluding carboxylic acids is 2. The van der Waals surface area contributed by atoms with Crippen molar-refractivity contribution in [3.05, 3.63) is 53.6 Å². The largest absolute Gasteiger partial charge is 0.493 e. The molecule has 0 aliphatic carbocycles. The minimum atomic E-state index is -0.0663. The van der Waals surface area contributed by atoms with Crippen LogP contribution >= 0.6 is 0 Å². The van der Waals surface area contributed by atoms with Crippen molar-refractivity contribution in [3.8, 4) is 17.2 Å². The van der Waals surface area contributed by atoms with Gasteiger partial charge in [-0.3, -0.25) is 9.59 Å². The summed E-state index contributed by atoms with van der Waals surface area (Å²) in [5.41, 5.74) is 1.82. The zero-order chi connectivity index (χ0) is 22.2. The predicted molar refractivity (Wildman–Crippen MR) is 117 cm³/mol. The number of methoxy groups -OCH3 is 3. The van der Waals surface area contributed by atoms with Gasteiger partial charge < -0.3 is 24.4 Å². The highest BCUT2D eigenvalue weighted by molar-refractivity contribution is 5.82. The van der Waals surface area contributed by atoms with Crippen molar-refractivity contribution in [3.63, 3.8) is 0 Å². The smallest absolute Gasteiger partial charge is 0.227 e. The van der Waals surface area contributed by atoms with Gasteiger partial charge in [-0.15, -0.1) is 0 Å². The van der Waals surface area contributed by atoms with Crippen molar-refractivity contribution in [2.24, 2.45) is 5.92 Å². The molecule has 2 aromatic carbocycles. The van der Waals surface area contributed by atoms with Crippen LogP contribution in [0.15, 0.2) is 42.5 Å². The molecule has 0 aromatic heterocycles. The fourth-order valence-corrected chi connectivity index (χ4v) is 3.90. The summed E-state index contributed by atoms with van der Waals surface area (Å²) in [5.74, 6) is 1.53. The lowest BCUT2D eigenvalue weighted by atomic mass is 9.95. The highest BCUT2D eigenvalue weighted by atomic mass is 16.5. The lowest BCUT2D eigenvalue weighted by Gasteiger charge is -2.31. The van der Waals surface area contributed by atoms with E-state index in [1.54, 1.807) is 27.4 Å². The molecule has 3 rings (SSSR count). The topological polar surface area (TPSA) is 77.1 Å². The average molecular weight is 427 g/mol. The molecule has 1 fully saturated rings. The number of carbonyl (C=O) groups is 2. The summed E-state index contributed by atoms with van der Waals surface area (Å²) in [6, 6.07) is 13.4. The molecule has 7 heteroatoms. The zero-order valence-corrected chi connectivity index (χ0v) is 18.3. The van der Waals surface area contributed by atoms with Gasteiger partial charge >= 0.3 is 0 Å². The number of piperidine rings is 1. The maximum atomic E-state index is 12.9. The minimum absolute atomic E-state index is 0.00802. The van der Waals surface area contributed by atoms with Crippen LogP contribution in [0.2, 0.25) is 0 Å². The Morgan fingerprint density at radius 2 is 1.61 bits per heavy atom. The van der Waals surface area contributed by atoms with Gasteiger partial charge in [-0.1, -0.05) is 36.4 Å². The van der Waals surface area contributed by atoms with Crippen LogP contribution in [-0.2, 0) is 22.6 Å². The summed E-state index contributed by atoms with van der Waals surface area (Å²) in [6.07, 6.45) is 1.53. The van der Waals surface area contributed by atoms with Crippen molar-refractivity contribution in [2.75, 3.05) is 34.4 Å². The number of hydrogen-bond acceptors (Lipinski definition) is 5. The molecule has 0 bridgehead atoms. The monoisotopic (exact) mass is 426 g/mol. The maximum Gasteiger partial charge on any atom is 0.227 e. The third-order valence-electron chi connectivity index (χ3n) is 5.66. The number of amides is 2. The summed E-state index contributed by atoms with van der Waals surface area (Å²) >= 11 is 0. The molecule has 0 spiro atoms. The highest BCUT2D eigenvalue weighted by Gasteiger charge is 2.28. The number of nitrogens with zero attached hydrogens (tertiary/aromatic N) is 1. The van der Waals surface area contributed by atoms with Crippen LogP contribution in [0.3, 0.4) is 0 Å². The first-order valence-corrected chi connectivity index (χ1v) is 10.4. The van der Waals surface area contributed by atoms with Gasteiger partial charge in [-0.2, -0.15) is 0 Å². The summed E-state index contributed by atoms with van der Waals surface area (Å²) in [4.78, 5) is 27.2. The fraction of sp³-hybridized carbons (Fsp3) is 0.417. The Labute approximate surface area is 183 Å². The molecule has 0 radical (unpaired) electrons. The first-order valence-electron chi connectivity index (χ1n) is 10.4. The second kappa shape index (κ2) is 10.7. The van der Waals surface area contributed by atoms with E-state index in [0.29, 0.717) is 49.7 Å². The number of hydrogen-bond donors (Lipinski definition) is 1. The second-order valence-electron chi connectivity index (χ2n) is 7.53. The fourth-order valence-electron chi connectivity index (χ4n) is 3.90. The number of likely N-dealkylation sites (tertiary alicyclic amines) is 1. The first-order chi connectivity index (χ1) is 15.1. The molecule has 7 nitrogen and oxygen atoms in total. The van der Waals surface area contributed by atoms with E-state index in [1.165, 1.54) is 0 Å². The van der Waals surface area contributed by atoms with Crippen LogP contribution in [0.25, 0.3) is 0 Å². The standard InChI is InChI=1S/C24H30N2O5/c1-29-20-10-9-19(22(30-2)23(20)31-3)15-21(27)26-13-11-18(12-14-26)24(28)25-16-17-7-5-4-6-8-17/h4-10,18H,11-16H2,1-3H3,(H,25,28). The Bertz CT molecular complexity index is 892. The van der Waals surface area contributed by atoms with Crippen LogP contribution in [0.4, 0.5) is 0 Å². The lowest BCUT2D eigenvalue weighted by molar-refractivity contribution is -0.135. The SMILES string of the molecule is COc1ccc(CC(=O)N2CCC(C(=O)NCc3ccccc3)CC2)c(OC)c1OC. The average Bonchev–Trinajstić information content (AvgIpc) is 2.82. The van der Waals surface area contributed by atoms with Gasteiger partial charge in [0.15, 0.2) is 11.5 Å².